The Labute approximate surface area is 161 Å². The second-order valence-corrected chi connectivity index (χ2v) is 7.07. The van der Waals surface area contributed by atoms with E-state index in [-0.39, 0.29) is 12.5 Å². The summed E-state index contributed by atoms with van der Waals surface area (Å²) < 4.78 is 5.54. The Bertz CT molecular complexity index is 766. The zero-order valence-corrected chi connectivity index (χ0v) is 16.5. The fourth-order valence-electron chi connectivity index (χ4n) is 3.37. The molecular weight excluding hydrogens is 338 g/mol. The second kappa shape index (κ2) is 8.91. The third kappa shape index (κ3) is 5.23. The number of carbonyl (C=O) groups excluding carboxylic acids is 1. The van der Waals surface area contributed by atoms with Crippen molar-refractivity contribution < 1.29 is 9.53 Å². The van der Waals surface area contributed by atoms with Crippen LogP contribution in [0.25, 0.3) is 0 Å². The van der Waals surface area contributed by atoms with Gasteiger partial charge in [0.05, 0.1) is 0 Å². The third-order valence-electron chi connectivity index (χ3n) is 5.03. The van der Waals surface area contributed by atoms with Gasteiger partial charge in [0.2, 0.25) is 0 Å². The van der Waals surface area contributed by atoms with Crippen molar-refractivity contribution in [3.05, 3.63) is 53.6 Å². The van der Waals surface area contributed by atoms with Crippen LogP contribution in [-0.4, -0.2) is 50.1 Å². The Morgan fingerprint density at radius 2 is 1.74 bits per heavy atom. The molecule has 0 spiro atoms. The zero-order chi connectivity index (χ0) is 19.2. The number of piperazine rings is 1. The smallest absolute Gasteiger partial charge is 0.262 e. The van der Waals surface area contributed by atoms with Gasteiger partial charge in [0.1, 0.15) is 5.75 Å². The highest BCUT2D eigenvalue weighted by Gasteiger charge is 2.17. The summed E-state index contributed by atoms with van der Waals surface area (Å²) >= 11 is 0. The number of ether oxygens (including phenoxy) is 1. The molecule has 1 aliphatic heterocycles. The number of nitrogens with zero attached hydrogens (tertiary/aromatic N) is 2. The second-order valence-electron chi connectivity index (χ2n) is 7.07. The topological polar surface area (TPSA) is 44.8 Å². The molecule has 1 heterocycles. The first-order valence-electron chi connectivity index (χ1n) is 9.62. The van der Waals surface area contributed by atoms with E-state index < -0.39 is 0 Å². The highest BCUT2D eigenvalue weighted by Crippen LogP contribution is 2.24. The number of hydrogen-bond donors (Lipinski definition) is 1. The molecule has 27 heavy (non-hydrogen) atoms. The van der Waals surface area contributed by atoms with Crippen LogP contribution in [0.2, 0.25) is 0 Å². The molecule has 0 unspecified atom stereocenters. The Morgan fingerprint density at radius 1 is 1.04 bits per heavy atom. The van der Waals surface area contributed by atoms with Gasteiger partial charge >= 0.3 is 0 Å². The molecule has 0 atom stereocenters. The predicted octanol–water partition coefficient (Wildman–Crippen LogP) is 3.46. The molecule has 5 heteroatoms. The van der Waals surface area contributed by atoms with Crippen molar-refractivity contribution in [3.63, 3.8) is 0 Å². The molecule has 2 aromatic carbocycles. The summed E-state index contributed by atoms with van der Waals surface area (Å²) in [5.41, 5.74) is 4.40. The van der Waals surface area contributed by atoms with E-state index in [4.69, 9.17) is 4.74 Å². The van der Waals surface area contributed by atoms with E-state index in [9.17, 15) is 4.79 Å². The van der Waals surface area contributed by atoms with Crippen LogP contribution in [0.3, 0.4) is 0 Å². The van der Waals surface area contributed by atoms with Gasteiger partial charge in [-0.05, 0) is 56.3 Å². The van der Waals surface area contributed by atoms with Gasteiger partial charge < -0.3 is 19.9 Å². The van der Waals surface area contributed by atoms with Crippen LogP contribution in [-0.2, 0) is 4.79 Å². The molecule has 1 amide bonds. The number of likely N-dealkylation sites (N-methyl/N-ethyl adjacent to an activating group) is 1. The van der Waals surface area contributed by atoms with E-state index in [2.05, 4.69) is 35.0 Å². The summed E-state index contributed by atoms with van der Waals surface area (Å²) in [4.78, 5) is 17.1. The Morgan fingerprint density at radius 3 is 2.37 bits per heavy atom. The summed E-state index contributed by atoms with van der Waals surface area (Å²) in [6.07, 6.45) is 0. The fraction of sp³-hybridized carbons (Fsp3) is 0.409. The van der Waals surface area contributed by atoms with Gasteiger partial charge in [-0.25, -0.2) is 0 Å². The lowest BCUT2D eigenvalue weighted by Gasteiger charge is -2.36. The summed E-state index contributed by atoms with van der Waals surface area (Å²) in [6, 6.07) is 13.8. The van der Waals surface area contributed by atoms with Crippen LogP contribution in [0.1, 0.15) is 18.1 Å². The molecule has 0 aliphatic carbocycles. The number of nitrogens with one attached hydrogen (secondary N) is 1. The zero-order valence-electron chi connectivity index (χ0n) is 16.5. The lowest BCUT2D eigenvalue weighted by Crippen LogP contribution is -2.46. The first-order valence-corrected chi connectivity index (χ1v) is 9.62. The lowest BCUT2D eigenvalue weighted by molar-refractivity contribution is -0.118. The first kappa shape index (κ1) is 19.2. The van der Waals surface area contributed by atoms with E-state index in [1.54, 1.807) is 0 Å². The van der Waals surface area contributed by atoms with Crippen LogP contribution in [0, 0.1) is 13.8 Å². The number of benzene rings is 2. The van der Waals surface area contributed by atoms with Crippen LogP contribution >= 0.6 is 0 Å². The highest BCUT2D eigenvalue weighted by molar-refractivity contribution is 5.92. The Kier molecular flexibility index (Phi) is 6.35. The lowest BCUT2D eigenvalue weighted by atomic mass is 10.1. The summed E-state index contributed by atoms with van der Waals surface area (Å²) in [5, 5.41) is 2.92. The van der Waals surface area contributed by atoms with Gasteiger partial charge in [0, 0.05) is 37.6 Å². The standard InChI is InChI=1S/C22H29N3O2/c1-4-24-11-13-25(14-12-24)21-10-7-19(15-18(21)3)23-22(26)16-27-20-8-5-17(2)6-9-20/h5-10,15H,4,11-14,16H2,1-3H3,(H,23,26). The number of anilines is 2. The van der Waals surface area contributed by atoms with Gasteiger partial charge in [-0.2, -0.15) is 0 Å². The van der Waals surface area contributed by atoms with E-state index in [1.165, 1.54) is 16.8 Å². The van der Waals surface area contributed by atoms with E-state index in [1.807, 2.05) is 43.3 Å². The first-order chi connectivity index (χ1) is 13.0. The maximum atomic E-state index is 12.2. The number of carbonyl (C=O) groups is 1. The number of amides is 1. The minimum Gasteiger partial charge on any atom is -0.484 e. The molecular formula is C22H29N3O2. The van der Waals surface area contributed by atoms with Crippen molar-refractivity contribution in [3.8, 4) is 5.75 Å². The van der Waals surface area contributed by atoms with E-state index >= 15 is 0 Å². The average molecular weight is 367 g/mol. The molecule has 5 nitrogen and oxygen atoms in total. The Balaban J connectivity index is 1.54. The van der Waals surface area contributed by atoms with Crippen LogP contribution in [0.5, 0.6) is 5.75 Å². The Hall–Kier alpha value is -2.53. The molecule has 0 radical (unpaired) electrons. The summed E-state index contributed by atoms with van der Waals surface area (Å²) in [7, 11) is 0. The van der Waals surface area contributed by atoms with E-state index in [0.29, 0.717) is 5.75 Å². The predicted molar refractivity (Wildman–Crippen MR) is 111 cm³/mol. The minimum atomic E-state index is -0.153. The monoisotopic (exact) mass is 367 g/mol. The average Bonchev–Trinajstić information content (AvgIpc) is 2.68. The third-order valence-corrected chi connectivity index (χ3v) is 5.03. The molecule has 1 N–H and O–H groups in total. The number of aryl methyl sites for hydroxylation is 2. The van der Waals surface area contributed by atoms with E-state index in [0.717, 1.165) is 38.4 Å². The molecule has 0 saturated carbocycles. The SMILES string of the molecule is CCN1CCN(c2ccc(NC(=O)COc3ccc(C)cc3)cc2C)CC1. The van der Waals surface area contributed by atoms with Gasteiger partial charge in [-0.3, -0.25) is 4.79 Å². The minimum absolute atomic E-state index is 0.00281. The normalized spacial score (nSPS) is 14.9. The largest absolute Gasteiger partial charge is 0.484 e. The van der Waals surface area contributed by atoms with Crippen LogP contribution in [0.4, 0.5) is 11.4 Å². The molecule has 0 bridgehead atoms. The maximum Gasteiger partial charge on any atom is 0.262 e. The van der Waals surface area contributed by atoms with Gasteiger partial charge in [-0.1, -0.05) is 24.6 Å². The molecule has 144 valence electrons. The van der Waals surface area contributed by atoms with Crippen molar-refractivity contribution in [2.45, 2.75) is 20.8 Å². The van der Waals surface area contributed by atoms with Gasteiger partial charge in [0.15, 0.2) is 6.61 Å². The molecule has 2 aromatic rings. The number of rotatable bonds is 6. The van der Waals surface area contributed by atoms with Crippen molar-refractivity contribution in [1.29, 1.82) is 0 Å². The summed E-state index contributed by atoms with van der Waals surface area (Å²) in [5.74, 6) is 0.549. The van der Waals surface area contributed by atoms with Crippen molar-refractivity contribution in [2.24, 2.45) is 0 Å². The summed E-state index contributed by atoms with van der Waals surface area (Å²) in [6.45, 7) is 11.7. The van der Waals surface area contributed by atoms with Crippen LogP contribution in [0.15, 0.2) is 42.5 Å². The molecule has 1 saturated heterocycles. The number of hydrogen-bond acceptors (Lipinski definition) is 4. The van der Waals surface area contributed by atoms with Crippen LogP contribution < -0.4 is 15.0 Å². The highest BCUT2D eigenvalue weighted by atomic mass is 16.5. The van der Waals surface area contributed by atoms with Crippen molar-refractivity contribution in [2.75, 3.05) is 49.5 Å². The molecule has 1 fully saturated rings. The quantitative estimate of drug-likeness (QED) is 0.849. The van der Waals surface area contributed by atoms with Gasteiger partial charge in [-0.15, -0.1) is 0 Å². The maximum absolute atomic E-state index is 12.2. The van der Waals surface area contributed by atoms with Gasteiger partial charge in [0.25, 0.3) is 5.91 Å². The molecule has 1 aliphatic rings. The molecule has 0 aromatic heterocycles. The van der Waals surface area contributed by atoms with Crippen molar-refractivity contribution >= 4 is 17.3 Å². The fourth-order valence-corrected chi connectivity index (χ4v) is 3.37. The molecule has 3 rings (SSSR count). The van der Waals surface area contributed by atoms with Crippen molar-refractivity contribution in [1.82, 2.24) is 4.90 Å².